The lowest BCUT2D eigenvalue weighted by atomic mass is 10.0. The molecule has 0 bridgehead atoms. The minimum absolute atomic E-state index is 0.407. The SMILES string of the molecule is CNc1cc2ccncc2c(C(C)C)n1. The first kappa shape index (κ1) is 9.90. The maximum Gasteiger partial charge on any atom is 0.126 e. The second-order valence-corrected chi connectivity index (χ2v) is 3.89. The van der Waals surface area contributed by atoms with Crippen LogP contribution in [0.3, 0.4) is 0 Å². The van der Waals surface area contributed by atoms with Crippen molar-refractivity contribution in [1.82, 2.24) is 9.97 Å². The Kier molecular flexibility index (Phi) is 2.54. The predicted molar refractivity (Wildman–Crippen MR) is 63.2 cm³/mol. The van der Waals surface area contributed by atoms with Crippen molar-refractivity contribution in [2.45, 2.75) is 19.8 Å². The van der Waals surface area contributed by atoms with Crippen molar-refractivity contribution in [3.8, 4) is 0 Å². The zero-order valence-electron chi connectivity index (χ0n) is 9.28. The van der Waals surface area contributed by atoms with Gasteiger partial charge in [-0.05, 0) is 23.4 Å². The van der Waals surface area contributed by atoms with Crippen LogP contribution in [0.15, 0.2) is 24.5 Å². The van der Waals surface area contributed by atoms with Gasteiger partial charge in [0.25, 0.3) is 0 Å². The molecule has 0 saturated heterocycles. The number of aromatic nitrogens is 2. The lowest BCUT2D eigenvalue weighted by Gasteiger charge is -2.11. The predicted octanol–water partition coefficient (Wildman–Crippen LogP) is 2.79. The molecular weight excluding hydrogens is 186 g/mol. The maximum absolute atomic E-state index is 4.57. The Bertz CT molecular complexity index is 477. The van der Waals surface area contributed by atoms with Crippen molar-refractivity contribution in [2.75, 3.05) is 12.4 Å². The summed E-state index contributed by atoms with van der Waals surface area (Å²) in [6, 6.07) is 4.06. The fourth-order valence-corrected chi connectivity index (χ4v) is 1.68. The quantitative estimate of drug-likeness (QED) is 0.811. The summed E-state index contributed by atoms with van der Waals surface area (Å²) in [5.41, 5.74) is 1.10. The van der Waals surface area contributed by atoms with Gasteiger partial charge in [-0.15, -0.1) is 0 Å². The number of anilines is 1. The van der Waals surface area contributed by atoms with Crippen molar-refractivity contribution in [3.63, 3.8) is 0 Å². The third kappa shape index (κ3) is 1.77. The van der Waals surface area contributed by atoms with Gasteiger partial charge in [-0.25, -0.2) is 4.98 Å². The molecule has 2 aromatic heterocycles. The zero-order chi connectivity index (χ0) is 10.8. The highest BCUT2D eigenvalue weighted by molar-refractivity contribution is 5.86. The molecule has 78 valence electrons. The summed E-state index contributed by atoms with van der Waals surface area (Å²) in [7, 11) is 1.89. The Hall–Kier alpha value is -1.64. The first-order valence-corrected chi connectivity index (χ1v) is 5.15. The van der Waals surface area contributed by atoms with Crippen LogP contribution in [0.5, 0.6) is 0 Å². The molecule has 0 aliphatic rings. The first-order chi connectivity index (χ1) is 7.22. The van der Waals surface area contributed by atoms with Gasteiger partial charge in [-0.3, -0.25) is 4.98 Å². The number of nitrogens with one attached hydrogen (secondary N) is 1. The second kappa shape index (κ2) is 3.85. The molecule has 1 N–H and O–H groups in total. The molecule has 2 aromatic rings. The normalized spacial score (nSPS) is 10.9. The van der Waals surface area contributed by atoms with Gasteiger partial charge in [0.15, 0.2) is 0 Å². The van der Waals surface area contributed by atoms with E-state index in [9.17, 15) is 0 Å². The molecule has 3 heteroatoms. The molecule has 0 aliphatic carbocycles. The standard InChI is InChI=1S/C12H15N3/c1-8(2)12-10-7-14-5-4-9(10)6-11(13-3)15-12/h4-8H,1-3H3,(H,13,15). The van der Waals surface area contributed by atoms with E-state index in [0.717, 1.165) is 16.9 Å². The Balaban J connectivity index is 2.74. The van der Waals surface area contributed by atoms with Gasteiger partial charge in [0.1, 0.15) is 5.82 Å². The first-order valence-electron chi connectivity index (χ1n) is 5.15. The summed E-state index contributed by atoms with van der Waals surface area (Å²) in [5, 5.41) is 5.42. The third-order valence-corrected chi connectivity index (χ3v) is 2.47. The summed E-state index contributed by atoms with van der Waals surface area (Å²) in [6.45, 7) is 4.29. The molecule has 0 radical (unpaired) electrons. The van der Waals surface area contributed by atoms with Crippen LogP contribution < -0.4 is 5.32 Å². The summed E-state index contributed by atoms with van der Waals surface area (Å²) in [5.74, 6) is 1.32. The van der Waals surface area contributed by atoms with Crippen LogP contribution >= 0.6 is 0 Å². The highest BCUT2D eigenvalue weighted by Gasteiger charge is 2.08. The van der Waals surface area contributed by atoms with Crippen LogP contribution in [0, 0.1) is 0 Å². The monoisotopic (exact) mass is 201 g/mol. The highest BCUT2D eigenvalue weighted by atomic mass is 15.0. The van der Waals surface area contributed by atoms with Gasteiger partial charge >= 0.3 is 0 Å². The molecule has 15 heavy (non-hydrogen) atoms. The van der Waals surface area contributed by atoms with Crippen LogP contribution in [-0.2, 0) is 0 Å². The highest BCUT2D eigenvalue weighted by Crippen LogP contribution is 2.25. The Labute approximate surface area is 89.6 Å². The van der Waals surface area contributed by atoms with Gasteiger partial charge < -0.3 is 5.32 Å². The van der Waals surface area contributed by atoms with Crippen LogP contribution in [0.2, 0.25) is 0 Å². The summed E-state index contributed by atoms with van der Waals surface area (Å²) in [4.78, 5) is 8.72. The number of hydrogen-bond donors (Lipinski definition) is 1. The Morgan fingerprint density at radius 2 is 2.13 bits per heavy atom. The molecule has 0 aromatic carbocycles. The molecule has 0 unspecified atom stereocenters. The van der Waals surface area contributed by atoms with Gasteiger partial charge in [0.2, 0.25) is 0 Å². The van der Waals surface area contributed by atoms with E-state index in [-0.39, 0.29) is 0 Å². The molecule has 2 rings (SSSR count). The topological polar surface area (TPSA) is 37.8 Å². The minimum atomic E-state index is 0.407. The van der Waals surface area contributed by atoms with E-state index in [0.29, 0.717) is 5.92 Å². The van der Waals surface area contributed by atoms with Crippen molar-refractivity contribution in [2.24, 2.45) is 0 Å². The van der Waals surface area contributed by atoms with Crippen molar-refractivity contribution in [1.29, 1.82) is 0 Å². The molecule has 3 nitrogen and oxygen atoms in total. The summed E-state index contributed by atoms with van der Waals surface area (Å²) >= 11 is 0. The van der Waals surface area contributed by atoms with Gasteiger partial charge in [0.05, 0.1) is 5.69 Å². The smallest absolute Gasteiger partial charge is 0.126 e. The summed E-state index contributed by atoms with van der Waals surface area (Å²) in [6.07, 6.45) is 3.70. The van der Waals surface area contributed by atoms with Crippen molar-refractivity contribution >= 4 is 16.6 Å². The Morgan fingerprint density at radius 3 is 2.80 bits per heavy atom. The number of rotatable bonds is 2. The van der Waals surface area contributed by atoms with E-state index in [1.54, 1.807) is 0 Å². The number of hydrogen-bond acceptors (Lipinski definition) is 3. The fraction of sp³-hybridized carbons (Fsp3) is 0.333. The van der Waals surface area contributed by atoms with Crippen molar-refractivity contribution in [3.05, 3.63) is 30.2 Å². The number of fused-ring (bicyclic) bond motifs is 1. The van der Waals surface area contributed by atoms with Gasteiger partial charge in [-0.1, -0.05) is 13.8 Å². The van der Waals surface area contributed by atoms with E-state index in [1.165, 1.54) is 5.39 Å². The second-order valence-electron chi connectivity index (χ2n) is 3.89. The molecule has 0 fully saturated rings. The van der Waals surface area contributed by atoms with Crippen LogP contribution in [0.4, 0.5) is 5.82 Å². The lowest BCUT2D eigenvalue weighted by molar-refractivity contribution is 0.835. The average molecular weight is 201 g/mol. The number of nitrogens with zero attached hydrogens (tertiary/aromatic N) is 2. The van der Waals surface area contributed by atoms with Crippen LogP contribution in [-0.4, -0.2) is 17.0 Å². The molecule has 2 heterocycles. The largest absolute Gasteiger partial charge is 0.373 e. The Morgan fingerprint density at radius 1 is 1.33 bits per heavy atom. The zero-order valence-corrected chi connectivity index (χ0v) is 9.28. The van der Waals surface area contributed by atoms with E-state index < -0.39 is 0 Å². The van der Waals surface area contributed by atoms with Crippen LogP contribution in [0.1, 0.15) is 25.5 Å². The van der Waals surface area contributed by atoms with E-state index >= 15 is 0 Å². The van der Waals surface area contributed by atoms with Gasteiger partial charge in [0, 0.05) is 24.8 Å². The molecular formula is C12H15N3. The molecule has 0 atom stereocenters. The summed E-state index contributed by atoms with van der Waals surface area (Å²) < 4.78 is 0. The fourth-order valence-electron chi connectivity index (χ4n) is 1.68. The minimum Gasteiger partial charge on any atom is -0.373 e. The van der Waals surface area contributed by atoms with E-state index in [1.807, 2.05) is 31.6 Å². The maximum atomic E-state index is 4.57. The molecule has 0 saturated carbocycles. The van der Waals surface area contributed by atoms with E-state index in [4.69, 9.17) is 0 Å². The van der Waals surface area contributed by atoms with Crippen molar-refractivity contribution < 1.29 is 0 Å². The molecule has 0 amide bonds. The molecule has 0 aliphatic heterocycles. The molecule has 0 spiro atoms. The van der Waals surface area contributed by atoms with Crippen LogP contribution in [0.25, 0.3) is 10.8 Å². The average Bonchev–Trinajstić information content (AvgIpc) is 2.27. The number of pyridine rings is 2. The third-order valence-electron chi connectivity index (χ3n) is 2.47. The van der Waals surface area contributed by atoms with E-state index in [2.05, 4.69) is 29.1 Å². The van der Waals surface area contributed by atoms with Gasteiger partial charge in [-0.2, -0.15) is 0 Å². The lowest BCUT2D eigenvalue weighted by Crippen LogP contribution is -1.99.